The maximum absolute atomic E-state index is 13.0. The van der Waals surface area contributed by atoms with Crippen molar-refractivity contribution in [3.63, 3.8) is 0 Å². The lowest BCUT2D eigenvalue weighted by Crippen LogP contribution is -2.46. The number of aromatic nitrogens is 1. The van der Waals surface area contributed by atoms with Crippen molar-refractivity contribution in [1.29, 1.82) is 0 Å². The number of alkyl halides is 3. The molecule has 200 valence electrons. The third-order valence-electron chi connectivity index (χ3n) is 6.05. The van der Waals surface area contributed by atoms with E-state index in [0.717, 1.165) is 23.0 Å². The van der Waals surface area contributed by atoms with Crippen LogP contribution in [0.15, 0.2) is 54.7 Å². The summed E-state index contributed by atoms with van der Waals surface area (Å²) < 4.78 is 44.8. The number of aliphatic carboxylic acids is 2. The van der Waals surface area contributed by atoms with Gasteiger partial charge in [0.1, 0.15) is 18.5 Å². The van der Waals surface area contributed by atoms with Crippen LogP contribution in [-0.2, 0) is 21.4 Å². The van der Waals surface area contributed by atoms with Gasteiger partial charge in [-0.25, -0.2) is 9.59 Å². The number of rotatable bonds is 6. The molecule has 0 unspecified atom stereocenters. The fraction of sp³-hybridized carbons (Fsp3) is 0.360. The van der Waals surface area contributed by atoms with Crippen LogP contribution in [0.4, 0.5) is 13.2 Å². The van der Waals surface area contributed by atoms with E-state index in [2.05, 4.69) is 4.98 Å². The molecule has 1 saturated heterocycles. The highest BCUT2D eigenvalue weighted by Gasteiger charge is 2.37. The van der Waals surface area contributed by atoms with E-state index in [4.69, 9.17) is 24.5 Å². The second-order valence-corrected chi connectivity index (χ2v) is 8.68. The number of likely N-dealkylation sites (tertiary alicyclic amines) is 1. The van der Waals surface area contributed by atoms with E-state index in [1.54, 1.807) is 0 Å². The van der Waals surface area contributed by atoms with Crippen molar-refractivity contribution < 1.29 is 47.9 Å². The highest BCUT2D eigenvalue weighted by molar-refractivity contribution is 6.27. The number of carboxylic acids is 2. The number of β-amino-alcohol motifs (C(OH)–C–C–N with tert-alkyl or cyclic N) is 1. The summed E-state index contributed by atoms with van der Waals surface area (Å²) in [7, 11) is 0. The van der Waals surface area contributed by atoms with Crippen molar-refractivity contribution >= 4 is 22.8 Å². The average molecular weight is 524 g/mol. The van der Waals surface area contributed by atoms with Crippen LogP contribution in [0.5, 0.6) is 5.75 Å². The van der Waals surface area contributed by atoms with Gasteiger partial charge in [-0.15, -0.1) is 0 Å². The summed E-state index contributed by atoms with van der Waals surface area (Å²) in [6, 6.07) is 12.5. The zero-order valence-corrected chi connectivity index (χ0v) is 19.6. The van der Waals surface area contributed by atoms with Crippen LogP contribution in [-0.4, -0.2) is 74.6 Å². The number of aromatic amines is 1. The number of H-pyrrole nitrogens is 1. The van der Waals surface area contributed by atoms with Gasteiger partial charge in [0.05, 0.1) is 11.2 Å². The maximum Gasteiger partial charge on any atom is 0.416 e. The summed E-state index contributed by atoms with van der Waals surface area (Å²) >= 11 is 0. The molecule has 3 aromatic rings. The molecule has 0 saturated carbocycles. The first-order valence-electron chi connectivity index (χ1n) is 11.3. The molecular weight excluding hydrogens is 497 g/mol. The lowest BCUT2D eigenvalue weighted by atomic mass is 9.83. The van der Waals surface area contributed by atoms with Crippen molar-refractivity contribution in [2.45, 2.75) is 30.7 Å². The molecule has 0 amide bonds. The molecule has 0 radical (unpaired) electrons. The standard InChI is InChI=1S/C23H25F3N2O3.C2H2O4/c24-23(25,26)17-4-1-3-16(13-17)22(30)8-11-28(12-9-22)14-18(29)15-31-21-6-2-5-20-19(21)7-10-27-20;3-1(4)2(5)6/h1-7,10,13,18,27,29-30H,8-9,11-12,14-15H2;(H,3,4)(H,5,6)/t18-;/m0./s1. The van der Waals surface area contributed by atoms with Gasteiger partial charge in [-0.3, -0.25) is 0 Å². The minimum absolute atomic E-state index is 0.124. The summed E-state index contributed by atoms with van der Waals surface area (Å²) in [5.74, 6) is -2.96. The summed E-state index contributed by atoms with van der Waals surface area (Å²) in [5, 5.41) is 37.1. The minimum atomic E-state index is -4.44. The predicted octanol–water partition coefficient (Wildman–Crippen LogP) is 3.07. The SMILES string of the molecule is O=C(O)C(=O)O.O[C@H](COc1cccc2[nH]ccc12)CN1CCC(O)(c2cccc(C(F)(F)F)c2)CC1. The van der Waals surface area contributed by atoms with E-state index >= 15 is 0 Å². The van der Waals surface area contributed by atoms with Crippen LogP contribution in [0, 0.1) is 0 Å². The van der Waals surface area contributed by atoms with Gasteiger partial charge in [0, 0.05) is 36.7 Å². The zero-order chi connectivity index (χ0) is 27.2. The Hall–Kier alpha value is -3.61. The Morgan fingerprint density at radius 1 is 1.05 bits per heavy atom. The van der Waals surface area contributed by atoms with E-state index in [1.807, 2.05) is 35.4 Å². The number of carboxylic acid groups (broad SMARTS) is 2. The number of halogens is 3. The highest BCUT2D eigenvalue weighted by atomic mass is 19.4. The molecule has 12 heteroatoms. The molecule has 1 fully saturated rings. The van der Waals surface area contributed by atoms with Gasteiger partial charge in [0.15, 0.2) is 0 Å². The molecule has 9 nitrogen and oxygen atoms in total. The van der Waals surface area contributed by atoms with Crippen molar-refractivity contribution in [2.24, 2.45) is 0 Å². The molecule has 1 aromatic heterocycles. The topological polar surface area (TPSA) is 143 Å². The first kappa shape index (κ1) is 28.0. The van der Waals surface area contributed by atoms with Crippen LogP contribution in [0.25, 0.3) is 10.9 Å². The number of nitrogens with one attached hydrogen (secondary N) is 1. The molecule has 1 aliphatic heterocycles. The summed E-state index contributed by atoms with van der Waals surface area (Å²) in [6.45, 7) is 1.43. The minimum Gasteiger partial charge on any atom is -0.490 e. The van der Waals surface area contributed by atoms with Crippen LogP contribution in [0.2, 0.25) is 0 Å². The fourth-order valence-corrected chi connectivity index (χ4v) is 4.10. The van der Waals surface area contributed by atoms with Gasteiger partial charge in [-0.2, -0.15) is 13.2 Å². The Morgan fingerprint density at radius 2 is 1.70 bits per heavy atom. The Labute approximate surface area is 209 Å². The second-order valence-electron chi connectivity index (χ2n) is 8.68. The van der Waals surface area contributed by atoms with Gasteiger partial charge in [0.2, 0.25) is 0 Å². The molecular formula is C25H27F3N2O7. The monoisotopic (exact) mass is 524 g/mol. The van der Waals surface area contributed by atoms with Crippen LogP contribution in [0.1, 0.15) is 24.0 Å². The second kappa shape index (κ2) is 11.6. The first-order valence-corrected chi connectivity index (χ1v) is 11.3. The van der Waals surface area contributed by atoms with E-state index in [1.165, 1.54) is 12.1 Å². The molecule has 5 N–H and O–H groups in total. The molecule has 1 atom stereocenters. The normalized spacial score (nSPS) is 16.5. The van der Waals surface area contributed by atoms with E-state index in [-0.39, 0.29) is 12.2 Å². The Bertz CT molecular complexity index is 1210. The first-order chi connectivity index (χ1) is 17.4. The molecule has 2 heterocycles. The Balaban J connectivity index is 0.000000568. The van der Waals surface area contributed by atoms with E-state index < -0.39 is 35.4 Å². The molecule has 0 bridgehead atoms. The van der Waals surface area contributed by atoms with Crippen LogP contribution in [0.3, 0.4) is 0 Å². The lowest BCUT2D eigenvalue weighted by Gasteiger charge is -2.39. The number of hydrogen-bond acceptors (Lipinski definition) is 6. The number of hydrogen-bond donors (Lipinski definition) is 5. The summed E-state index contributed by atoms with van der Waals surface area (Å²) in [6.07, 6.45) is -2.75. The molecule has 0 aliphatic carbocycles. The maximum atomic E-state index is 13.0. The number of fused-ring (bicyclic) bond motifs is 1. The molecule has 37 heavy (non-hydrogen) atoms. The smallest absolute Gasteiger partial charge is 0.416 e. The number of carbonyl (C=O) groups is 2. The van der Waals surface area contributed by atoms with Crippen molar-refractivity contribution in [2.75, 3.05) is 26.2 Å². The Morgan fingerprint density at radius 3 is 2.32 bits per heavy atom. The molecule has 4 rings (SSSR count). The number of benzene rings is 2. The van der Waals surface area contributed by atoms with Gasteiger partial charge in [-0.1, -0.05) is 18.2 Å². The third kappa shape index (κ3) is 7.44. The predicted molar refractivity (Wildman–Crippen MR) is 126 cm³/mol. The number of nitrogens with zero attached hydrogens (tertiary/aromatic N) is 1. The van der Waals surface area contributed by atoms with Crippen molar-refractivity contribution in [3.8, 4) is 5.75 Å². The Kier molecular flexibility index (Phi) is 8.79. The zero-order valence-electron chi connectivity index (χ0n) is 19.6. The summed E-state index contributed by atoms with van der Waals surface area (Å²) in [4.78, 5) is 23.3. The van der Waals surface area contributed by atoms with Crippen molar-refractivity contribution in [1.82, 2.24) is 9.88 Å². The van der Waals surface area contributed by atoms with Crippen molar-refractivity contribution in [3.05, 3.63) is 65.9 Å². The fourth-order valence-electron chi connectivity index (χ4n) is 4.10. The van der Waals surface area contributed by atoms with Gasteiger partial charge in [0.25, 0.3) is 0 Å². The lowest BCUT2D eigenvalue weighted by molar-refractivity contribution is -0.159. The summed E-state index contributed by atoms with van der Waals surface area (Å²) in [5.41, 5.74) is -0.823. The largest absolute Gasteiger partial charge is 0.490 e. The molecule has 1 aliphatic rings. The van der Waals surface area contributed by atoms with Crippen LogP contribution < -0.4 is 4.74 Å². The van der Waals surface area contributed by atoms with Crippen LogP contribution >= 0.6 is 0 Å². The highest BCUT2D eigenvalue weighted by Crippen LogP contribution is 2.36. The molecule has 0 spiro atoms. The number of aliphatic hydroxyl groups excluding tert-OH is 1. The third-order valence-corrected chi connectivity index (χ3v) is 6.05. The average Bonchev–Trinajstić information content (AvgIpc) is 3.34. The van der Waals surface area contributed by atoms with Gasteiger partial charge >= 0.3 is 18.1 Å². The van der Waals surface area contributed by atoms with Gasteiger partial charge < -0.3 is 35.0 Å². The number of piperidine rings is 1. The van der Waals surface area contributed by atoms with Gasteiger partial charge in [-0.05, 0) is 48.7 Å². The van der Waals surface area contributed by atoms with E-state index in [9.17, 15) is 23.4 Å². The van der Waals surface area contributed by atoms with E-state index in [0.29, 0.717) is 38.2 Å². The number of ether oxygens (including phenoxy) is 1. The molecule has 2 aromatic carbocycles. The quantitative estimate of drug-likeness (QED) is 0.310. The number of aliphatic hydroxyl groups is 2.